The number of hydrogen-bond donors (Lipinski definition) is 1. The molecule has 1 N–H and O–H groups in total. The molecule has 2 aliphatic rings. The molecule has 1 aliphatic heterocycles. The Labute approximate surface area is 177 Å². The largest absolute Gasteiger partial charge is 0.480 e. The Kier molecular flexibility index (Phi) is 5.61. The molecule has 2 aromatic rings. The van der Waals surface area contributed by atoms with Gasteiger partial charge in [0, 0.05) is 29.4 Å². The Morgan fingerprint density at radius 3 is 2.48 bits per heavy atom. The summed E-state index contributed by atoms with van der Waals surface area (Å²) in [6.45, 7) is 0.368. The van der Waals surface area contributed by atoms with E-state index in [1.165, 1.54) is 0 Å². The number of carbonyl (C=O) groups is 2. The molecular formula is C22H22BrNO5. The van der Waals surface area contributed by atoms with Crippen LogP contribution in [-0.4, -0.2) is 41.3 Å². The van der Waals surface area contributed by atoms with Gasteiger partial charge in [0.1, 0.15) is 18.8 Å². The molecule has 2 fully saturated rings. The van der Waals surface area contributed by atoms with E-state index < -0.39 is 11.6 Å². The van der Waals surface area contributed by atoms with E-state index in [9.17, 15) is 9.59 Å². The zero-order valence-corrected chi connectivity index (χ0v) is 17.4. The van der Waals surface area contributed by atoms with Gasteiger partial charge in [0.2, 0.25) is 0 Å². The Morgan fingerprint density at radius 2 is 1.86 bits per heavy atom. The van der Waals surface area contributed by atoms with Crippen molar-refractivity contribution in [2.45, 2.75) is 31.1 Å². The third-order valence-electron chi connectivity index (χ3n) is 5.84. The fraction of sp³-hybridized carbons (Fsp3) is 0.364. The number of benzene rings is 2. The van der Waals surface area contributed by atoms with Crippen LogP contribution in [0.25, 0.3) is 0 Å². The Bertz CT molecular complexity index is 888. The van der Waals surface area contributed by atoms with Crippen LogP contribution in [0, 0.1) is 5.92 Å². The van der Waals surface area contributed by atoms with Crippen LogP contribution in [0.1, 0.15) is 24.0 Å². The van der Waals surface area contributed by atoms with Crippen LogP contribution in [0.2, 0.25) is 0 Å². The molecule has 3 unspecified atom stereocenters. The third kappa shape index (κ3) is 4.02. The summed E-state index contributed by atoms with van der Waals surface area (Å²) in [5.41, 5.74) is 1.20. The first-order valence-corrected chi connectivity index (χ1v) is 10.4. The third-order valence-corrected chi connectivity index (χ3v) is 6.37. The van der Waals surface area contributed by atoms with Crippen LogP contribution in [0.4, 0.5) is 4.79 Å². The smallest absolute Gasteiger partial charge is 0.410 e. The fourth-order valence-corrected chi connectivity index (χ4v) is 4.79. The summed E-state index contributed by atoms with van der Waals surface area (Å²) in [6, 6.07) is 17.3. The van der Waals surface area contributed by atoms with E-state index in [1.807, 2.05) is 54.6 Å². The monoisotopic (exact) mass is 459 g/mol. The van der Waals surface area contributed by atoms with Crippen molar-refractivity contribution in [1.82, 2.24) is 4.90 Å². The zero-order valence-electron chi connectivity index (χ0n) is 15.8. The Hall–Kier alpha value is -2.38. The van der Waals surface area contributed by atoms with Crippen LogP contribution < -0.4 is 0 Å². The number of carboxylic acids is 1. The molecule has 3 atom stereocenters. The maximum absolute atomic E-state index is 12.6. The number of nitrogens with zero attached hydrogens (tertiary/aromatic N) is 1. The molecule has 1 saturated heterocycles. The minimum absolute atomic E-state index is 0.0253. The lowest BCUT2D eigenvalue weighted by Gasteiger charge is -2.41. The number of amides is 1. The number of halogens is 1. The lowest BCUT2D eigenvalue weighted by atomic mass is 9.82. The average molecular weight is 460 g/mol. The second-order valence-electron chi connectivity index (χ2n) is 7.56. The van der Waals surface area contributed by atoms with Crippen LogP contribution in [0.15, 0.2) is 59.1 Å². The van der Waals surface area contributed by atoms with Crippen LogP contribution in [0.5, 0.6) is 0 Å². The summed E-state index contributed by atoms with van der Waals surface area (Å²) >= 11 is 3.44. The van der Waals surface area contributed by atoms with Crippen molar-refractivity contribution in [2.75, 3.05) is 13.2 Å². The number of hydrogen-bond acceptors (Lipinski definition) is 4. The molecule has 4 rings (SSSR count). The van der Waals surface area contributed by atoms with E-state index in [0.29, 0.717) is 13.0 Å². The number of ether oxygens (including phenoxy) is 2. The number of rotatable bonds is 6. The molecule has 152 valence electrons. The molecular weight excluding hydrogens is 438 g/mol. The van der Waals surface area contributed by atoms with E-state index in [1.54, 1.807) is 4.90 Å². The summed E-state index contributed by atoms with van der Waals surface area (Å²) in [5.74, 6) is -0.972. The first kappa shape index (κ1) is 19.9. The van der Waals surface area contributed by atoms with E-state index in [0.717, 1.165) is 22.0 Å². The number of fused-ring (bicyclic) bond motifs is 2. The summed E-state index contributed by atoms with van der Waals surface area (Å²) in [5, 5.41) is 9.15. The number of carboxylic acid groups (broad SMARTS) is 1. The molecule has 6 nitrogen and oxygen atoms in total. The van der Waals surface area contributed by atoms with Gasteiger partial charge in [-0.05, 0) is 29.7 Å². The minimum Gasteiger partial charge on any atom is -0.480 e. The van der Waals surface area contributed by atoms with Crippen LogP contribution in [0.3, 0.4) is 0 Å². The highest BCUT2D eigenvalue weighted by Crippen LogP contribution is 2.53. The van der Waals surface area contributed by atoms with Crippen molar-refractivity contribution in [1.29, 1.82) is 0 Å². The molecule has 1 aliphatic carbocycles. The molecule has 7 heteroatoms. The quantitative estimate of drug-likeness (QED) is 0.700. The summed E-state index contributed by atoms with van der Waals surface area (Å²) in [7, 11) is 0. The van der Waals surface area contributed by atoms with Gasteiger partial charge in [-0.1, -0.05) is 58.4 Å². The number of carbonyl (C=O) groups excluding carboxylic acids is 1. The van der Waals surface area contributed by atoms with E-state index >= 15 is 0 Å². The number of aliphatic carboxylic acids is 1. The van der Waals surface area contributed by atoms with Crippen molar-refractivity contribution >= 4 is 28.0 Å². The van der Waals surface area contributed by atoms with Crippen molar-refractivity contribution in [3.63, 3.8) is 0 Å². The van der Waals surface area contributed by atoms with Crippen molar-refractivity contribution in [3.05, 3.63) is 70.2 Å². The lowest BCUT2D eigenvalue weighted by Crippen LogP contribution is -2.48. The molecule has 1 saturated carbocycles. The van der Waals surface area contributed by atoms with Gasteiger partial charge in [-0.3, -0.25) is 0 Å². The highest BCUT2D eigenvalue weighted by atomic mass is 79.9. The summed E-state index contributed by atoms with van der Waals surface area (Å²) in [6.07, 6.45) is 1.01. The number of likely N-dealkylation sites (tertiary alicyclic amines) is 1. The topological polar surface area (TPSA) is 76.1 Å². The average Bonchev–Trinajstić information content (AvgIpc) is 3.31. The maximum atomic E-state index is 12.6. The molecule has 1 heterocycles. The Balaban J connectivity index is 1.47. The van der Waals surface area contributed by atoms with Gasteiger partial charge in [0.25, 0.3) is 0 Å². The first-order chi connectivity index (χ1) is 14.0. The highest BCUT2D eigenvalue weighted by molar-refractivity contribution is 9.10. The standard InChI is InChI=1S/C22H22BrNO5/c23-18-8-6-16(7-9-18)22(29-14-20(25)26)11-19-10-17(22)12-24(19)21(27)28-13-15-4-2-1-3-5-15/h1-9,17,19H,10-14H2,(H,25,26). The van der Waals surface area contributed by atoms with E-state index in [4.69, 9.17) is 14.6 Å². The van der Waals surface area contributed by atoms with Gasteiger partial charge < -0.3 is 19.5 Å². The second-order valence-corrected chi connectivity index (χ2v) is 8.48. The van der Waals surface area contributed by atoms with Crippen LogP contribution >= 0.6 is 15.9 Å². The van der Waals surface area contributed by atoms with E-state index in [-0.39, 0.29) is 31.3 Å². The van der Waals surface area contributed by atoms with Crippen molar-refractivity contribution < 1.29 is 24.2 Å². The molecule has 2 bridgehead atoms. The van der Waals surface area contributed by atoms with Crippen molar-refractivity contribution in [2.24, 2.45) is 5.92 Å². The molecule has 29 heavy (non-hydrogen) atoms. The number of piperidine rings is 1. The highest BCUT2D eigenvalue weighted by Gasteiger charge is 2.57. The van der Waals surface area contributed by atoms with Gasteiger partial charge in [-0.2, -0.15) is 0 Å². The molecule has 0 radical (unpaired) electrons. The summed E-state index contributed by atoms with van der Waals surface area (Å²) in [4.78, 5) is 25.6. The molecule has 2 aromatic carbocycles. The Morgan fingerprint density at radius 1 is 1.14 bits per heavy atom. The summed E-state index contributed by atoms with van der Waals surface area (Å²) < 4.78 is 12.4. The molecule has 0 spiro atoms. The second kappa shape index (κ2) is 8.16. The van der Waals surface area contributed by atoms with Crippen molar-refractivity contribution in [3.8, 4) is 0 Å². The van der Waals surface area contributed by atoms with Crippen LogP contribution in [-0.2, 0) is 26.5 Å². The molecule has 0 aromatic heterocycles. The van der Waals surface area contributed by atoms with Gasteiger partial charge in [-0.25, -0.2) is 9.59 Å². The normalized spacial score (nSPS) is 25.2. The SMILES string of the molecule is O=C(O)COC1(c2ccc(Br)cc2)CC2CC1CN2C(=O)OCc1ccccc1. The predicted molar refractivity (Wildman–Crippen MR) is 109 cm³/mol. The van der Waals surface area contributed by atoms with Gasteiger partial charge in [0.15, 0.2) is 0 Å². The van der Waals surface area contributed by atoms with Gasteiger partial charge >= 0.3 is 12.1 Å². The fourth-order valence-electron chi connectivity index (χ4n) is 4.53. The lowest BCUT2D eigenvalue weighted by molar-refractivity contribution is -0.156. The predicted octanol–water partition coefficient (Wildman–Crippen LogP) is 4.18. The first-order valence-electron chi connectivity index (χ1n) is 9.57. The van der Waals surface area contributed by atoms with Gasteiger partial charge in [0.05, 0.1) is 0 Å². The van der Waals surface area contributed by atoms with E-state index in [2.05, 4.69) is 15.9 Å². The minimum atomic E-state index is -0.997. The maximum Gasteiger partial charge on any atom is 0.410 e. The molecule has 1 amide bonds. The van der Waals surface area contributed by atoms with Gasteiger partial charge in [-0.15, -0.1) is 0 Å². The zero-order chi connectivity index (χ0) is 20.4.